The highest BCUT2D eigenvalue weighted by Gasteiger charge is 2.23. The van der Waals surface area contributed by atoms with Gasteiger partial charge in [-0.25, -0.2) is 13.1 Å². The summed E-state index contributed by atoms with van der Waals surface area (Å²) in [6, 6.07) is 3.86. The van der Waals surface area contributed by atoms with E-state index in [-0.39, 0.29) is 29.4 Å². The van der Waals surface area contributed by atoms with E-state index in [1.807, 2.05) is 0 Å². The third kappa shape index (κ3) is 4.91. The van der Waals surface area contributed by atoms with Crippen molar-refractivity contribution in [3.8, 4) is 5.75 Å². The van der Waals surface area contributed by atoms with E-state index in [2.05, 4.69) is 4.72 Å². The minimum absolute atomic E-state index is 0.0296. The van der Waals surface area contributed by atoms with Crippen LogP contribution in [-0.4, -0.2) is 71.3 Å². The number of rotatable bonds is 9. The van der Waals surface area contributed by atoms with Crippen molar-refractivity contribution < 1.29 is 32.6 Å². The van der Waals surface area contributed by atoms with Crippen LogP contribution in [-0.2, 0) is 19.6 Å². The second-order valence-corrected chi connectivity index (χ2v) is 6.54. The molecule has 0 atom stereocenters. The van der Waals surface area contributed by atoms with Gasteiger partial charge in [-0.2, -0.15) is 0 Å². The molecule has 0 saturated heterocycles. The number of methoxy groups -OCH3 is 2. The molecular weight excluding hydrogens is 340 g/mol. The number of carbonyl (C=O) groups is 2. The van der Waals surface area contributed by atoms with Crippen molar-refractivity contribution in [2.75, 3.05) is 41.0 Å². The first-order chi connectivity index (χ1) is 11.3. The monoisotopic (exact) mass is 360 g/mol. The highest BCUT2D eigenvalue weighted by atomic mass is 32.2. The number of nitrogens with zero attached hydrogens (tertiary/aromatic N) is 1. The maximum atomic E-state index is 12.5. The number of amides is 1. The maximum absolute atomic E-state index is 12.5. The average molecular weight is 360 g/mol. The van der Waals surface area contributed by atoms with Gasteiger partial charge >= 0.3 is 5.97 Å². The molecule has 0 fully saturated rings. The standard InChI is InChI=1S/C14H20N2O7S/c1-15-24(20,21)12-8-10(4-5-11(12)23-3)14(19)16(6-7-22-2)9-13(17)18/h4-5,8,15H,6-7,9H2,1-3H3,(H,17,18). The summed E-state index contributed by atoms with van der Waals surface area (Å²) in [4.78, 5) is 24.3. The molecule has 0 heterocycles. The van der Waals surface area contributed by atoms with Gasteiger partial charge in [0.2, 0.25) is 10.0 Å². The van der Waals surface area contributed by atoms with Crippen LogP contribution >= 0.6 is 0 Å². The van der Waals surface area contributed by atoms with Crippen molar-refractivity contribution in [2.24, 2.45) is 0 Å². The van der Waals surface area contributed by atoms with Gasteiger partial charge in [-0.3, -0.25) is 9.59 Å². The number of hydrogen-bond donors (Lipinski definition) is 2. The summed E-state index contributed by atoms with van der Waals surface area (Å²) in [5.74, 6) is -1.73. The van der Waals surface area contributed by atoms with Crippen molar-refractivity contribution in [3.05, 3.63) is 23.8 Å². The zero-order valence-electron chi connectivity index (χ0n) is 13.6. The summed E-state index contributed by atoms with van der Waals surface area (Å²) < 4.78 is 36.1. The van der Waals surface area contributed by atoms with E-state index >= 15 is 0 Å². The minimum Gasteiger partial charge on any atom is -0.495 e. The van der Waals surface area contributed by atoms with Crippen LogP contribution in [0.1, 0.15) is 10.4 Å². The predicted octanol–water partition coefficient (Wildman–Crippen LogP) is -0.223. The van der Waals surface area contributed by atoms with Crippen molar-refractivity contribution in [3.63, 3.8) is 0 Å². The normalized spacial score (nSPS) is 11.1. The molecule has 0 aliphatic rings. The first-order valence-corrected chi connectivity index (χ1v) is 8.36. The molecule has 2 N–H and O–H groups in total. The molecule has 10 heteroatoms. The van der Waals surface area contributed by atoms with Crippen LogP contribution in [0.15, 0.2) is 23.1 Å². The molecule has 9 nitrogen and oxygen atoms in total. The first kappa shape index (κ1) is 19.9. The van der Waals surface area contributed by atoms with Crippen LogP contribution < -0.4 is 9.46 Å². The van der Waals surface area contributed by atoms with Gasteiger partial charge in [-0.1, -0.05) is 0 Å². The van der Waals surface area contributed by atoms with Crippen LogP contribution in [0.2, 0.25) is 0 Å². The Kier molecular flexibility index (Phi) is 7.14. The average Bonchev–Trinajstić information content (AvgIpc) is 2.57. The second kappa shape index (κ2) is 8.62. The summed E-state index contributed by atoms with van der Waals surface area (Å²) in [7, 11) is 0.117. The van der Waals surface area contributed by atoms with Gasteiger partial charge in [-0.05, 0) is 25.2 Å². The van der Waals surface area contributed by atoms with Crippen LogP contribution in [0.4, 0.5) is 0 Å². The molecule has 0 aliphatic carbocycles. The third-order valence-electron chi connectivity index (χ3n) is 3.15. The Labute approximate surface area is 140 Å². The molecular formula is C14H20N2O7S. The van der Waals surface area contributed by atoms with E-state index in [9.17, 15) is 18.0 Å². The van der Waals surface area contributed by atoms with Gasteiger partial charge in [0.05, 0.1) is 13.7 Å². The SMILES string of the molecule is CNS(=O)(=O)c1cc(C(=O)N(CCOC)CC(=O)O)ccc1OC. The maximum Gasteiger partial charge on any atom is 0.323 e. The Morgan fingerprint density at radius 3 is 2.46 bits per heavy atom. The molecule has 0 bridgehead atoms. The number of nitrogens with one attached hydrogen (secondary N) is 1. The van der Waals surface area contributed by atoms with E-state index in [0.717, 1.165) is 11.0 Å². The fraction of sp³-hybridized carbons (Fsp3) is 0.429. The Hall–Kier alpha value is -2.17. The highest BCUT2D eigenvalue weighted by molar-refractivity contribution is 7.89. The molecule has 1 amide bonds. The lowest BCUT2D eigenvalue weighted by Crippen LogP contribution is -2.38. The number of ether oxygens (including phenoxy) is 2. The number of carboxylic acid groups (broad SMARTS) is 1. The summed E-state index contributed by atoms with van der Waals surface area (Å²) in [5, 5.41) is 8.92. The zero-order chi connectivity index (χ0) is 18.3. The summed E-state index contributed by atoms with van der Waals surface area (Å²) in [6.45, 7) is -0.318. The lowest BCUT2D eigenvalue weighted by Gasteiger charge is -2.21. The predicted molar refractivity (Wildman–Crippen MR) is 84.7 cm³/mol. The van der Waals surface area contributed by atoms with Crippen molar-refractivity contribution >= 4 is 21.9 Å². The fourth-order valence-electron chi connectivity index (χ4n) is 1.93. The molecule has 134 valence electrons. The topological polar surface area (TPSA) is 122 Å². The number of carboxylic acids is 1. The van der Waals surface area contributed by atoms with E-state index in [0.29, 0.717) is 0 Å². The van der Waals surface area contributed by atoms with Crippen LogP contribution in [0, 0.1) is 0 Å². The lowest BCUT2D eigenvalue weighted by atomic mass is 10.2. The van der Waals surface area contributed by atoms with Crippen molar-refractivity contribution in [1.82, 2.24) is 9.62 Å². The first-order valence-electron chi connectivity index (χ1n) is 6.88. The molecule has 0 aromatic heterocycles. The molecule has 1 aromatic carbocycles. The van der Waals surface area contributed by atoms with Gasteiger partial charge in [0.1, 0.15) is 17.2 Å². The highest BCUT2D eigenvalue weighted by Crippen LogP contribution is 2.25. The molecule has 0 radical (unpaired) electrons. The quantitative estimate of drug-likeness (QED) is 0.624. The Morgan fingerprint density at radius 2 is 1.96 bits per heavy atom. The Balaban J connectivity index is 3.26. The third-order valence-corrected chi connectivity index (χ3v) is 4.58. The van der Waals surface area contributed by atoms with Crippen molar-refractivity contribution in [2.45, 2.75) is 4.90 Å². The smallest absolute Gasteiger partial charge is 0.323 e. The molecule has 0 unspecified atom stereocenters. The van der Waals surface area contributed by atoms with E-state index in [4.69, 9.17) is 14.6 Å². The van der Waals surface area contributed by atoms with E-state index < -0.39 is 28.4 Å². The summed E-state index contributed by atoms with van der Waals surface area (Å²) in [6.07, 6.45) is 0. The van der Waals surface area contributed by atoms with Crippen molar-refractivity contribution in [1.29, 1.82) is 0 Å². The molecule has 1 rings (SSSR count). The Bertz CT molecular complexity index is 703. The van der Waals surface area contributed by atoms with Gasteiger partial charge in [0.15, 0.2) is 0 Å². The zero-order valence-corrected chi connectivity index (χ0v) is 14.4. The molecule has 0 spiro atoms. The van der Waals surface area contributed by atoms with E-state index in [1.165, 1.54) is 33.4 Å². The number of sulfonamides is 1. The number of carbonyl (C=O) groups excluding carboxylic acids is 1. The fourth-order valence-corrected chi connectivity index (χ4v) is 2.85. The van der Waals surface area contributed by atoms with Gasteiger partial charge in [0, 0.05) is 19.2 Å². The summed E-state index contributed by atoms with van der Waals surface area (Å²) in [5.41, 5.74) is 0.0296. The molecule has 0 aliphatic heterocycles. The molecule has 24 heavy (non-hydrogen) atoms. The molecule has 0 saturated carbocycles. The number of benzene rings is 1. The lowest BCUT2D eigenvalue weighted by molar-refractivity contribution is -0.137. The van der Waals surface area contributed by atoms with E-state index in [1.54, 1.807) is 0 Å². The number of hydrogen-bond acceptors (Lipinski definition) is 6. The van der Waals surface area contributed by atoms with Gasteiger partial charge in [-0.15, -0.1) is 0 Å². The largest absolute Gasteiger partial charge is 0.495 e. The summed E-state index contributed by atoms with van der Waals surface area (Å²) >= 11 is 0. The van der Waals surface area contributed by atoms with Crippen LogP contribution in [0.5, 0.6) is 5.75 Å². The van der Waals surface area contributed by atoms with Crippen LogP contribution in [0.25, 0.3) is 0 Å². The van der Waals surface area contributed by atoms with Gasteiger partial charge in [0.25, 0.3) is 5.91 Å². The number of aliphatic carboxylic acids is 1. The van der Waals surface area contributed by atoms with Gasteiger partial charge < -0.3 is 19.5 Å². The molecule has 1 aromatic rings. The Morgan fingerprint density at radius 1 is 1.29 bits per heavy atom. The minimum atomic E-state index is -3.85. The second-order valence-electron chi connectivity index (χ2n) is 4.69. The van der Waals surface area contributed by atoms with Crippen LogP contribution in [0.3, 0.4) is 0 Å².